The van der Waals surface area contributed by atoms with Gasteiger partial charge in [-0.3, -0.25) is 0 Å². The molecule has 0 spiro atoms. The minimum atomic E-state index is 0.218. The molecule has 0 atom stereocenters. The van der Waals surface area contributed by atoms with Crippen LogP contribution in [-0.4, -0.2) is 27.3 Å². The number of aromatic nitrogens is 3. The lowest BCUT2D eigenvalue weighted by molar-refractivity contribution is 0.270. The highest BCUT2D eigenvalue weighted by Crippen LogP contribution is 2.28. The number of thioether (sulfide) groups is 1. The molecular formula is C19H14Cl2N4O3S. The van der Waals surface area contributed by atoms with Crippen LogP contribution in [-0.2, 0) is 6.61 Å². The van der Waals surface area contributed by atoms with Crippen molar-refractivity contribution >= 4 is 41.2 Å². The molecule has 0 saturated heterocycles. The summed E-state index contributed by atoms with van der Waals surface area (Å²) in [5.74, 6) is 2.78. The minimum absolute atomic E-state index is 0.218. The van der Waals surface area contributed by atoms with E-state index in [4.69, 9.17) is 36.8 Å². The lowest BCUT2D eigenvalue weighted by Gasteiger charge is -2.06. The first kappa shape index (κ1) is 19.6. The van der Waals surface area contributed by atoms with Gasteiger partial charge in [-0.15, -0.1) is 10.2 Å². The highest BCUT2D eigenvalue weighted by Gasteiger charge is 2.15. The summed E-state index contributed by atoms with van der Waals surface area (Å²) in [4.78, 5) is 0. The molecule has 1 aromatic carbocycles. The predicted molar refractivity (Wildman–Crippen MR) is 112 cm³/mol. The van der Waals surface area contributed by atoms with E-state index in [0.29, 0.717) is 44.1 Å². The third-order valence-corrected chi connectivity index (χ3v) is 4.93. The number of halogens is 2. The van der Waals surface area contributed by atoms with Gasteiger partial charge in [0.1, 0.15) is 23.9 Å². The summed E-state index contributed by atoms with van der Waals surface area (Å²) in [5, 5.41) is 14.3. The second-order valence-corrected chi connectivity index (χ2v) is 7.33. The van der Waals surface area contributed by atoms with E-state index in [1.165, 1.54) is 11.8 Å². The summed E-state index contributed by atoms with van der Waals surface area (Å²) in [6.45, 7) is 0.218. The topological polar surface area (TPSA) is 78.6 Å². The molecule has 4 rings (SSSR count). The summed E-state index contributed by atoms with van der Waals surface area (Å²) in [6.07, 6.45) is 5.04. The Morgan fingerprint density at radius 3 is 2.86 bits per heavy atom. The van der Waals surface area contributed by atoms with E-state index in [1.54, 1.807) is 59.6 Å². The predicted octanol–water partition coefficient (Wildman–Crippen LogP) is 5.62. The zero-order chi connectivity index (χ0) is 20.2. The average molecular weight is 449 g/mol. The van der Waals surface area contributed by atoms with E-state index in [-0.39, 0.29) is 6.61 Å². The minimum Gasteiger partial charge on any atom is -0.484 e. The fourth-order valence-corrected chi connectivity index (χ4v) is 3.35. The van der Waals surface area contributed by atoms with Crippen molar-refractivity contribution in [1.29, 1.82) is 0 Å². The van der Waals surface area contributed by atoms with E-state index >= 15 is 0 Å². The third kappa shape index (κ3) is 4.50. The Balaban J connectivity index is 1.48. The Labute approximate surface area is 180 Å². The molecule has 0 fully saturated rings. The van der Waals surface area contributed by atoms with Gasteiger partial charge in [0.25, 0.3) is 0 Å². The zero-order valence-corrected chi connectivity index (χ0v) is 17.4. The molecule has 0 aliphatic rings. The lowest BCUT2D eigenvalue weighted by atomic mass is 10.3. The Morgan fingerprint density at radius 2 is 2.10 bits per heavy atom. The fraction of sp³-hybridized carbons (Fsp3) is 0.105. The first-order chi connectivity index (χ1) is 14.1. The zero-order valence-electron chi connectivity index (χ0n) is 15.1. The van der Waals surface area contributed by atoms with E-state index in [1.807, 2.05) is 6.26 Å². The van der Waals surface area contributed by atoms with Gasteiger partial charge in [-0.05, 0) is 48.7 Å². The summed E-state index contributed by atoms with van der Waals surface area (Å²) >= 11 is 13.4. The van der Waals surface area contributed by atoms with Crippen molar-refractivity contribution in [3.8, 4) is 17.3 Å². The first-order valence-electron chi connectivity index (χ1n) is 8.38. The van der Waals surface area contributed by atoms with Gasteiger partial charge in [-0.2, -0.15) is 9.78 Å². The van der Waals surface area contributed by atoms with Crippen LogP contribution in [0.3, 0.4) is 0 Å². The van der Waals surface area contributed by atoms with Gasteiger partial charge >= 0.3 is 0 Å². The average Bonchev–Trinajstić information content (AvgIpc) is 3.45. The van der Waals surface area contributed by atoms with Crippen LogP contribution in [0.5, 0.6) is 5.75 Å². The number of furan rings is 2. The van der Waals surface area contributed by atoms with Gasteiger partial charge in [-0.25, -0.2) is 0 Å². The SMILES string of the molecule is CSc1nnc(-c2ccco2)n1/N=C\c1ccc(COc2ccc(Cl)cc2Cl)o1. The Kier molecular flexibility index (Phi) is 5.94. The van der Waals surface area contributed by atoms with E-state index in [2.05, 4.69) is 15.3 Å². The largest absolute Gasteiger partial charge is 0.484 e. The summed E-state index contributed by atoms with van der Waals surface area (Å²) in [5.41, 5.74) is 0. The fourth-order valence-electron chi connectivity index (χ4n) is 2.45. The van der Waals surface area contributed by atoms with E-state index in [9.17, 15) is 0 Å². The van der Waals surface area contributed by atoms with Gasteiger partial charge in [0, 0.05) is 5.02 Å². The van der Waals surface area contributed by atoms with Crippen LogP contribution in [0.15, 0.2) is 67.8 Å². The molecule has 0 aliphatic heterocycles. The monoisotopic (exact) mass is 448 g/mol. The molecule has 7 nitrogen and oxygen atoms in total. The maximum atomic E-state index is 6.11. The molecule has 0 amide bonds. The maximum absolute atomic E-state index is 6.11. The van der Waals surface area contributed by atoms with E-state index < -0.39 is 0 Å². The molecule has 4 aromatic rings. The molecule has 0 N–H and O–H groups in total. The summed E-state index contributed by atoms with van der Waals surface area (Å²) in [7, 11) is 0. The number of rotatable bonds is 7. The van der Waals surface area contributed by atoms with E-state index in [0.717, 1.165) is 0 Å². The van der Waals surface area contributed by atoms with Crippen molar-refractivity contribution in [2.75, 3.05) is 6.26 Å². The van der Waals surface area contributed by atoms with Crippen LogP contribution >= 0.6 is 35.0 Å². The smallest absolute Gasteiger partial charge is 0.221 e. The van der Waals surface area contributed by atoms with Crippen molar-refractivity contribution in [1.82, 2.24) is 14.9 Å². The second kappa shape index (κ2) is 8.77. The van der Waals surface area contributed by atoms with Gasteiger partial charge in [0.15, 0.2) is 5.76 Å². The molecule has 3 heterocycles. The van der Waals surface area contributed by atoms with Crippen LogP contribution in [0, 0.1) is 0 Å². The quantitative estimate of drug-likeness (QED) is 0.269. The summed E-state index contributed by atoms with van der Waals surface area (Å²) < 4.78 is 18.4. The number of hydrogen-bond donors (Lipinski definition) is 0. The molecule has 0 radical (unpaired) electrons. The first-order valence-corrected chi connectivity index (χ1v) is 10.4. The second-order valence-electron chi connectivity index (χ2n) is 5.71. The molecule has 148 valence electrons. The highest BCUT2D eigenvalue weighted by molar-refractivity contribution is 7.98. The lowest BCUT2D eigenvalue weighted by Crippen LogP contribution is -1.96. The molecule has 0 saturated carbocycles. The molecular weight excluding hydrogens is 435 g/mol. The standard InChI is InChI=1S/C19H14Cl2N4O3S/c1-29-19-24-23-18(17-3-2-8-26-17)25(19)22-10-13-5-6-14(28-13)11-27-16-7-4-12(20)9-15(16)21/h2-10H,11H2,1H3/b22-10-. The molecule has 0 bridgehead atoms. The molecule has 29 heavy (non-hydrogen) atoms. The Hall–Kier alpha value is -2.68. The van der Waals surface area contributed by atoms with Crippen LogP contribution < -0.4 is 4.74 Å². The van der Waals surface area contributed by atoms with Gasteiger partial charge in [0.05, 0.1) is 17.5 Å². The van der Waals surface area contributed by atoms with Crippen molar-refractivity contribution in [2.45, 2.75) is 11.8 Å². The number of hydrogen-bond acceptors (Lipinski definition) is 7. The van der Waals surface area contributed by atoms with Crippen molar-refractivity contribution < 1.29 is 13.6 Å². The van der Waals surface area contributed by atoms with Crippen LogP contribution in [0.25, 0.3) is 11.6 Å². The number of nitrogens with zero attached hydrogens (tertiary/aromatic N) is 4. The van der Waals surface area contributed by atoms with Crippen LogP contribution in [0.4, 0.5) is 0 Å². The highest BCUT2D eigenvalue weighted by atomic mass is 35.5. The van der Waals surface area contributed by atoms with Crippen molar-refractivity contribution in [3.63, 3.8) is 0 Å². The molecule has 0 aliphatic carbocycles. The molecule has 3 aromatic heterocycles. The number of benzene rings is 1. The number of ether oxygens (including phenoxy) is 1. The van der Waals surface area contributed by atoms with Crippen molar-refractivity contribution in [2.24, 2.45) is 5.10 Å². The Morgan fingerprint density at radius 1 is 1.21 bits per heavy atom. The maximum Gasteiger partial charge on any atom is 0.221 e. The molecule has 0 unspecified atom stereocenters. The molecule has 10 heteroatoms. The van der Waals surface area contributed by atoms with Gasteiger partial charge in [0.2, 0.25) is 11.0 Å². The third-order valence-electron chi connectivity index (χ3n) is 3.78. The van der Waals surface area contributed by atoms with Crippen molar-refractivity contribution in [3.05, 3.63) is 70.3 Å². The normalized spacial score (nSPS) is 11.4. The van der Waals surface area contributed by atoms with Gasteiger partial charge in [-0.1, -0.05) is 35.0 Å². The van der Waals surface area contributed by atoms with Crippen LogP contribution in [0.2, 0.25) is 10.0 Å². The van der Waals surface area contributed by atoms with Crippen LogP contribution in [0.1, 0.15) is 11.5 Å². The Bertz CT molecular complexity index is 1140. The summed E-state index contributed by atoms with van der Waals surface area (Å²) in [6, 6.07) is 12.2. The van der Waals surface area contributed by atoms with Gasteiger partial charge < -0.3 is 13.6 Å².